The quantitative estimate of drug-likeness (QED) is 0.539. The molecule has 0 amide bonds. The number of nitrogens with one attached hydrogen (secondary N) is 1. The maximum absolute atomic E-state index is 12.5. The summed E-state index contributed by atoms with van der Waals surface area (Å²) in [6.07, 6.45) is -4.70. The molecule has 31 heavy (non-hydrogen) atoms. The highest BCUT2D eigenvalue weighted by Gasteiger charge is 2.31. The van der Waals surface area contributed by atoms with Crippen molar-refractivity contribution < 1.29 is 23.0 Å². The summed E-state index contributed by atoms with van der Waals surface area (Å²) in [5.41, 5.74) is 1.95. The van der Waals surface area contributed by atoms with Crippen molar-refractivity contribution in [3.05, 3.63) is 71.8 Å². The third-order valence-electron chi connectivity index (χ3n) is 5.11. The molecule has 1 heterocycles. The minimum atomic E-state index is -4.70. The fourth-order valence-electron chi connectivity index (χ4n) is 3.83. The molecule has 0 bridgehead atoms. The van der Waals surface area contributed by atoms with Gasteiger partial charge in [0, 0.05) is 26.2 Å². The number of piperazine rings is 1. The molecular formula is C22H23Cl2F3N2O2. The summed E-state index contributed by atoms with van der Waals surface area (Å²) in [5, 5.41) is 14.9. The minimum Gasteiger partial charge on any atom is -0.508 e. The first-order valence-electron chi connectivity index (χ1n) is 9.42. The first kappa shape index (κ1) is 25.1. The molecule has 1 fully saturated rings. The summed E-state index contributed by atoms with van der Waals surface area (Å²) in [7, 11) is 0. The van der Waals surface area contributed by atoms with Crippen LogP contribution in [0.5, 0.6) is 11.5 Å². The smallest absolute Gasteiger partial charge is 0.508 e. The van der Waals surface area contributed by atoms with Gasteiger partial charge >= 0.3 is 6.36 Å². The van der Waals surface area contributed by atoms with Crippen LogP contribution in [-0.4, -0.2) is 42.5 Å². The summed E-state index contributed by atoms with van der Waals surface area (Å²) in [4.78, 5) is 2.32. The summed E-state index contributed by atoms with van der Waals surface area (Å²) in [5.74, 6) is -0.0153. The van der Waals surface area contributed by atoms with Gasteiger partial charge in [0.25, 0.3) is 0 Å². The molecule has 3 aromatic carbocycles. The molecule has 0 spiro atoms. The largest absolute Gasteiger partial charge is 0.573 e. The Morgan fingerprint density at radius 1 is 0.839 bits per heavy atom. The van der Waals surface area contributed by atoms with Crippen molar-refractivity contribution in [2.45, 2.75) is 12.4 Å². The molecule has 2 N–H and O–H groups in total. The van der Waals surface area contributed by atoms with Crippen LogP contribution in [-0.2, 0) is 0 Å². The number of hydrogen-bond donors (Lipinski definition) is 2. The molecule has 1 aliphatic rings. The Hall–Kier alpha value is -2.19. The van der Waals surface area contributed by atoms with E-state index in [4.69, 9.17) is 0 Å². The van der Waals surface area contributed by atoms with Crippen LogP contribution in [0, 0.1) is 0 Å². The molecule has 9 heteroatoms. The van der Waals surface area contributed by atoms with E-state index in [1.807, 2.05) is 18.2 Å². The fraction of sp³-hybridized carbons (Fsp3) is 0.273. The molecular weight excluding hydrogens is 452 g/mol. The molecule has 4 nitrogen and oxygen atoms in total. The van der Waals surface area contributed by atoms with E-state index in [1.54, 1.807) is 24.3 Å². The topological polar surface area (TPSA) is 44.7 Å². The number of nitrogens with zero attached hydrogens (tertiary/aromatic N) is 1. The molecule has 168 valence electrons. The SMILES string of the molecule is Cl.Cl.Oc1ccc2cc([C@@H](c3ccc(OC(F)(F)F)cc3)N3CCNCC3)ccc2c1. The average Bonchev–Trinajstić information content (AvgIpc) is 2.69. The van der Waals surface area contributed by atoms with Crippen LogP contribution >= 0.6 is 24.8 Å². The van der Waals surface area contributed by atoms with Gasteiger partial charge in [-0.3, -0.25) is 4.90 Å². The summed E-state index contributed by atoms with van der Waals surface area (Å²) >= 11 is 0. The van der Waals surface area contributed by atoms with Gasteiger partial charge in [-0.1, -0.05) is 30.3 Å². The Bertz CT molecular complexity index is 994. The highest BCUT2D eigenvalue weighted by molar-refractivity contribution is 5.86. The lowest BCUT2D eigenvalue weighted by atomic mass is 9.94. The Balaban J connectivity index is 0.00000171. The van der Waals surface area contributed by atoms with E-state index in [0.717, 1.165) is 48.1 Å². The van der Waals surface area contributed by atoms with Crippen molar-refractivity contribution in [1.82, 2.24) is 10.2 Å². The molecule has 0 radical (unpaired) electrons. The first-order valence-corrected chi connectivity index (χ1v) is 9.42. The predicted octanol–water partition coefficient (Wildman–Crippen LogP) is 5.28. The number of phenols is 1. The average molecular weight is 475 g/mol. The zero-order valence-electron chi connectivity index (χ0n) is 16.4. The summed E-state index contributed by atoms with van der Waals surface area (Å²) in [6, 6.07) is 17.3. The molecule has 4 rings (SSSR count). The first-order chi connectivity index (χ1) is 13.9. The Morgan fingerprint density at radius 3 is 2.06 bits per heavy atom. The zero-order valence-corrected chi connectivity index (χ0v) is 18.1. The molecule has 0 unspecified atom stereocenters. The van der Waals surface area contributed by atoms with E-state index >= 15 is 0 Å². The van der Waals surface area contributed by atoms with Crippen LogP contribution in [0.1, 0.15) is 17.2 Å². The number of phenolic OH excluding ortho intramolecular Hbond substituents is 1. The lowest BCUT2D eigenvalue weighted by Crippen LogP contribution is -2.45. The zero-order chi connectivity index (χ0) is 20.4. The van der Waals surface area contributed by atoms with E-state index in [9.17, 15) is 18.3 Å². The Labute approximate surface area is 190 Å². The number of ether oxygens (including phenoxy) is 1. The number of halogens is 5. The van der Waals surface area contributed by atoms with Gasteiger partial charge in [-0.05, 0) is 52.2 Å². The summed E-state index contributed by atoms with van der Waals surface area (Å²) in [6.45, 7) is 3.37. The second-order valence-electron chi connectivity index (χ2n) is 7.10. The van der Waals surface area contributed by atoms with E-state index in [2.05, 4.69) is 21.0 Å². The second-order valence-corrected chi connectivity index (χ2v) is 7.10. The Kier molecular flexibility index (Phi) is 8.42. The van der Waals surface area contributed by atoms with Gasteiger partial charge in [-0.2, -0.15) is 0 Å². The van der Waals surface area contributed by atoms with Crippen molar-refractivity contribution in [3.63, 3.8) is 0 Å². The maximum Gasteiger partial charge on any atom is 0.573 e. The second kappa shape index (κ2) is 10.4. The maximum atomic E-state index is 12.5. The van der Waals surface area contributed by atoms with Crippen molar-refractivity contribution in [3.8, 4) is 11.5 Å². The number of alkyl halides is 3. The monoisotopic (exact) mass is 474 g/mol. The molecule has 1 saturated heterocycles. The van der Waals surface area contributed by atoms with Crippen LogP contribution < -0.4 is 10.1 Å². The standard InChI is InChI=1S/C22H21F3N2O2.2ClH/c23-22(24,25)29-20-7-4-15(5-8-20)21(27-11-9-26-10-12-27)18-2-1-17-14-19(28)6-3-16(17)13-18;;/h1-8,13-14,21,26,28H,9-12H2;2*1H/t21-;;/m1../s1. The third kappa shape index (κ3) is 6.17. The molecule has 1 atom stereocenters. The molecule has 1 aliphatic heterocycles. The van der Waals surface area contributed by atoms with Crippen LogP contribution in [0.25, 0.3) is 10.8 Å². The van der Waals surface area contributed by atoms with Crippen molar-refractivity contribution in [2.75, 3.05) is 26.2 Å². The highest BCUT2D eigenvalue weighted by Crippen LogP contribution is 2.33. The minimum absolute atomic E-state index is 0. The molecule has 0 aliphatic carbocycles. The summed E-state index contributed by atoms with van der Waals surface area (Å²) < 4.78 is 41.4. The number of fused-ring (bicyclic) bond motifs is 1. The van der Waals surface area contributed by atoms with Crippen LogP contribution in [0.2, 0.25) is 0 Å². The van der Waals surface area contributed by atoms with E-state index < -0.39 is 6.36 Å². The Morgan fingerprint density at radius 2 is 1.42 bits per heavy atom. The van der Waals surface area contributed by atoms with Gasteiger partial charge in [0.1, 0.15) is 11.5 Å². The predicted molar refractivity (Wildman–Crippen MR) is 120 cm³/mol. The van der Waals surface area contributed by atoms with Crippen molar-refractivity contribution in [1.29, 1.82) is 0 Å². The van der Waals surface area contributed by atoms with Gasteiger partial charge in [-0.25, -0.2) is 0 Å². The lowest BCUT2D eigenvalue weighted by molar-refractivity contribution is -0.274. The number of aromatic hydroxyl groups is 1. The van der Waals surface area contributed by atoms with Gasteiger partial charge in [-0.15, -0.1) is 38.0 Å². The van der Waals surface area contributed by atoms with Crippen molar-refractivity contribution >= 4 is 35.6 Å². The molecule has 3 aromatic rings. The van der Waals surface area contributed by atoms with Crippen molar-refractivity contribution in [2.24, 2.45) is 0 Å². The molecule has 0 saturated carbocycles. The normalized spacial score (nSPS) is 15.6. The third-order valence-corrected chi connectivity index (χ3v) is 5.11. The number of rotatable bonds is 4. The van der Waals surface area contributed by atoms with Gasteiger partial charge in [0.2, 0.25) is 0 Å². The van der Waals surface area contributed by atoms with Gasteiger partial charge in [0.15, 0.2) is 0 Å². The van der Waals surface area contributed by atoms with Gasteiger partial charge in [0.05, 0.1) is 6.04 Å². The van der Waals surface area contributed by atoms with E-state index in [-0.39, 0.29) is 42.4 Å². The lowest BCUT2D eigenvalue weighted by Gasteiger charge is -2.35. The van der Waals surface area contributed by atoms with E-state index in [1.165, 1.54) is 12.1 Å². The van der Waals surface area contributed by atoms with Crippen LogP contribution in [0.4, 0.5) is 13.2 Å². The van der Waals surface area contributed by atoms with Crippen LogP contribution in [0.3, 0.4) is 0 Å². The highest BCUT2D eigenvalue weighted by atomic mass is 35.5. The number of hydrogen-bond acceptors (Lipinski definition) is 4. The fourth-order valence-corrected chi connectivity index (χ4v) is 3.83. The molecule has 0 aromatic heterocycles. The number of benzene rings is 3. The van der Waals surface area contributed by atoms with E-state index in [0.29, 0.717) is 0 Å². The van der Waals surface area contributed by atoms with Gasteiger partial charge < -0.3 is 15.2 Å². The van der Waals surface area contributed by atoms with Crippen LogP contribution in [0.15, 0.2) is 60.7 Å².